The molecular weight excluding hydrogens is 427 g/mol. The van der Waals surface area contributed by atoms with Gasteiger partial charge in [-0.3, -0.25) is 9.48 Å². The van der Waals surface area contributed by atoms with E-state index in [2.05, 4.69) is 15.4 Å². The van der Waals surface area contributed by atoms with E-state index in [0.717, 1.165) is 36.2 Å². The Hall–Kier alpha value is -2.49. The lowest BCUT2D eigenvalue weighted by Crippen LogP contribution is -2.28. The number of fused-ring (bicyclic) bond motifs is 1. The number of imidazole rings is 1. The third kappa shape index (κ3) is 5.23. The molecule has 10 heteroatoms. The van der Waals surface area contributed by atoms with Gasteiger partial charge < -0.3 is 9.88 Å². The molecule has 2 heterocycles. The van der Waals surface area contributed by atoms with Crippen LogP contribution in [0, 0.1) is 6.92 Å². The van der Waals surface area contributed by atoms with E-state index in [-0.39, 0.29) is 23.2 Å². The second kappa shape index (κ2) is 9.33. The van der Waals surface area contributed by atoms with Crippen LogP contribution in [0.15, 0.2) is 29.6 Å². The number of carbonyl (C=O) groups is 1. The molecule has 1 N–H and O–H groups in total. The van der Waals surface area contributed by atoms with E-state index >= 15 is 0 Å². The van der Waals surface area contributed by atoms with Crippen molar-refractivity contribution in [1.82, 2.24) is 24.6 Å². The molecule has 0 bridgehead atoms. The number of aromatic nitrogens is 4. The van der Waals surface area contributed by atoms with Crippen LogP contribution in [0.4, 0.5) is 13.2 Å². The number of hydrogen-bond donors (Lipinski definition) is 1. The first-order valence-electron chi connectivity index (χ1n) is 10.1. The van der Waals surface area contributed by atoms with Crippen molar-refractivity contribution >= 4 is 28.7 Å². The van der Waals surface area contributed by atoms with Gasteiger partial charge in [0.25, 0.3) is 0 Å². The third-order valence-corrected chi connectivity index (χ3v) is 6.20. The smallest absolute Gasteiger partial charge is 0.349 e. The molecule has 1 aromatic carbocycles. The van der Waals surface area contributed by atoms with Crippen LogP contribution in [-0.4, -0.2) is 31.0 Å². The zero-order chi connectivity index (χ0) is 22.8. The van der Waals surface area contributed by atoms with Crippen LogP contribution in [0.25, 0.3) is 11.0 Å². The number of hydrogen-bond acceptors (Lipinski definition) is 4. The van der Waals surface area contributed by atoms with Crippen molar-refractivity contribution < 1.29 is 18.0 Å². The maximum absolute atomic E-state index is 13.1. The molecule has 1 atom stereocenters. The molecule has 0 saturated carbocycles. The van der Waals surface area contributed by atoms with Crippen molar-refractivity contribution in [3.8, 4) is 0 Å². The molecule has 3 rings (SSSR count). The van der Waals surface area contributed by atoms with Crippen LogP contribution >= 0.6 is 11.8 Å². The van der Waals surface area contributed by atoms with Crippen molar-refractivity contribution in [2.75, 3.05) is 5.75 Å². The summed E-state index contributed by atoms with van der Waals surface area (Å²) in [6.07, 6.45) is -0.887. The van der Waals surface area contributed by atoms with Crippen molar-refractivity contribution in [1.29, 1.82) is 0 Å². The SMILES string of the molecule is CCCCn1c(SCC(=O)NC(C)c2cnn(C)c2C)nc2cc(C(F)(F)F)ccc21. The highest BCUT2D eigenvalue weighted by atomic mass is 32.2. The zero-order valence-electron chi connectivity index (χ0n) is 18.0. The lowest BCUT2D eigenvalue weighted by atomic mass is 10.1. The van der Waals surface area contributed by atoms with E-state index in [9.17, 15) is 18.0 Å². The molecule has 168 valence electrons. The maximum Gasteiger partial charge on any atom is 0.416 e. The Morgan fingerprint density at radius 3 is 2.68 bits per heavy atom. The summed E-state index contributed by atoms with van der Waals surface area (Å²) in [6.45, 7) is 6.50. The largest absolute Gasteiger partial charge is 0.416 e. The van der Waals surface area contributed by atoms with Crippen LogP contribution < -0.4 is 5.32 Å². The minimum Gasteiger partial charge on any atom is -0.349 e. The number of aryl methyl sites for hydroxylation is 2. The summed E-state index contributed by atoms with van der Waals surface area (Å²) in [7, 11) is 1.84. The van der Waals surface area contributed by atoms with Gasteiger partial charge in [-0.05, 0) is 38.5 Å². The Kier molecular flexibility index (Phi) is 6.98. The highest BCUT2D eigenvalue weighted by Crippen LogP contribution is 2.33. The number of halogens is 3. The summed E-state index contributed by atoms with van der Waals surface area (Å²) in [4.78, 5) is 16.9. The van der Waals surface area contributed by atoms with Crippen molar-refractivity contribution in [3.05, 3.63) is 41.2 Å². The Morgan fingerprint density at radius 2 is 2.06 bits per heavy atom. The second-order valence-corrected chi connectivity index (χ2v) is 8.43. The number of unbranched alkanes of at least 4 members (excludes halogenated alkanes) is 1. The molecule has 0 aliphatic rings. The second-order valence-electron chi connectivity index (χ2n) is 7.49. The lowest BCUT2D eigenvalue weighted by molar-refractivity contribution is -0.137. The van der Waals surface area contributed by atoms with E-state index < -0.39 is 11.7 Å². The number of rotatable bonds is 8. The average Bonchev–Trinajstić information content (AvgIpc) is 3.23. The van der Waals surface area contributed by atoms with Crippen LogP contribution in [0.2, 0.25) is 0 Å². The van der Waals surface area contributed by atoms with Gasteiger partial charge in [0, 0.05) is 24.8 Å². The first kappa shape index (κ1) is 23.2. The standard InChI is InChI=1S/C21H26F3N5OS/c1-5-6-9-29-18-8-7-15(21(22,23)24)10-17(18)27-20(29)31-12-19(30)26-13(2)16-11-25-28(4)14(16)3/h7-8,10-11,13H,5-6,9,12H2,1-4H3,(H,26,30). The fraction of sp³-hybridized carbons (Fsp3) is 0.476. The van der Waals surface area contributed by atoms with Gasteiger partial charge >= 0.3 is 6.18 Å². The Bertz CT molecular complexity index is 1070. The monoisotopic (exact) mass is 453 g/mol. The molecule has 1 amide bonds. The number of carbonyl (C=O) groups excluding carboxylic acids is 1. The van der Waals surface area contributed by atoms with Crippen LogP contribution in [-0.2, 0) is 24.6 Å². The molecule has 2 aromatic heterocycles. The van der Waals surface area contributed by atoms with Crippen molar-refractivity contribution in [3.63, 3.8) is 0 Å². The molecule has 0 saturated heterocycles. The van der Waals surface area contributed by atoms with Gasteiger partial charge in [0.2, 0.25) is 5.91 Å². The normalized spacial score (nSPS) is 13.0. The van der Waals surface area contributed by atoms with Gasteiger partial charge in [-0.2, -0.15) is 18.3 Å². The average molecular weight is 454 g/mol. The molecular formula is C21H26F3N5OS. The van der Waals surface area contributed by atoms with E-state index in [4.69, 9.17) is 0 Å². The van der Waals surface area contributed by atoms with Gasteiger partial charge in [-0.15, -0.1) is 0 Å². The Balaban J connectivity index is 1.76. The highest BCUT2D eigenvalue weighted by Gasteiger charge is 2.31. The predicted octanol–water partition coefficient (Wildman–Crippen LogP) is 4.87. The van der Waals surface area contributed by atoms with E-state index in [1.807, 2.05) is 32.4 Å². The van der Waals surface area contributed by atoms with Gasteiger partial charge in [0.05, 0.1) is 34.6 Å². The third-order valence-electron chi connectivity index (χ3n) is 5.23. The molecule has 0 aliphatic heterocycles. The highest BCUT2D eigenvalue weighted by molar-refractivity contribution is 7.99. The molecule has 1 unspecified atom stereocenters. The van der Waals surface area contributed by atoms with Crippen LogP contribution in [0.1, 0.15) is 49.6 Å². The Labute approximate surface area is 183 Å². The first-order valence-corrected chi connectivity index (χ1v) is 11.1. The summed E-state index contributed by atoms with van der Waals surface area (Å²) in [5.74, 6) is -0.0589. The first-order chi connectivity index (χ1) is 14.6. The summed E-state index contributed by atoms with van der Waals surface area (Å²) < 4.78 is 42.9. The number of nitrogens with zero attached hydrogens (tertiary/aromatic N) is 4. The lowest BCUT2D eigenvalue weighted by Gasteiger charge is -2.14. The van der Waals surface area contributed by atoms with E-state index in [1.54, 1.807) is 10.9 Å². The minimum atomic E-state index is -4.42. The summed E-state index contributed by atoms with van der Waals surface area (Å²) in [5, 5.41) is 7.69. The summed E-state index contributed by atoms with van der Waals surface area (Å²) in [6, 6.07) is 3.40. The fourth-order valence-corrected chi connectivity index (χ4v) is 4.21. The van der Waals surface area contributed by atoms with Gasteiger partial charge in [-0.1, -0.05) is 25.1 Å². The van der Waals surface area contributed by atoms with E-state index in [0.29, 0.717) is 17.2 Å². The van der Waals surface area contributed by atoms with Crippen LogP contribution in [0.3, 0.4) is 0 Å². The number of amides is 1. The number of thioether (sulfide) groups is 1. The molecule has 6 nitrogen and oxygen atoms in total. The molecule has 3 aromatic rings. The molecule has 0 radical (unpaired) electrons. The number of nitrogens with one attached hydrogen (secondary N) is 1. The molecule has 31 heavy (non-hydrogen) atoms. The van der Waals surface area contributed by atoms with E-state index in [1.165, 1.54) is 17.8 Å². The summed E-state index contributed by atoms with van der Waals surface area (Å²) >= 11 is 1.23. The molecule has 0 fully saturated rings. The topological polar surface area (TPSA) is 64.7 Å². The maximum atomic E-state index is 13.1. The van der Waals surface area contributed by atoms with Gasteiger partial charge in [0.15, 0.2) is 5.16 Å². The molecule has 0 spiro atoms. The predicted molar refractivity (Wildman–Crippen MR) is 115 cm³/mol. The quantitative estimate of drug-likeness (QED) is 0.495. The van der Waals surface area contributed by atoms with Crippen molar-refractivity contribution in [2.24, 2.45) is 7.05 Å². The minimum absolute atomic E-state index is 0.116. The number of alkyl halides is 3. The zero-order valence-corrected chi connectivity index (χ0v) is 18.8. The fourth-order valence-electron chi connectivity index (χ4n) is 3.36. The molecule has 0 aliphatic carbocycles. The van der Waals surface area contributed by atoms with Crippen LogP contribution in [0.5, 0.6) is 0 Å². The van der Waals surface area contributed by atoms with Gasteiger partial charge in [0.1, 0.15) is 0 Å². The van der Waals surface area contributed by atoms with Gasteiger partial charge in [-0.25, -0.2) is 4.98 Å². The number of benzene rings is 1. The Morgan fingerprint density at radius 1 is 1.32 bits per heavy atom. The van der Waals surface area contributed by atoms with Crippen molar-refractivity contribution in [2.45, 2.75) is 57.5 Å². The summed E-state index contributed by atoms with van der Waals surface area (Å²) in [5.41, 5.74) is 2.12.